The number of terminal acetylenes is 1. The van der Waals surface area contributed by atoms with Crippen molar-refractivity contribution in [3.63, 3.8) is 0 Å². The maximum atomic E-state index is 5.56. The molecule has 0 N–H and O–H groups in total. The van der Waals surface area contributed by atoms with E-state index in [1.54, 1.807) is 0 Å². The van der Waals surface area contributed by atoms with Gasteiger partial charge in [-0.15, -0.1) is 12.2 Å². The third kappa shape index (κ3) is 2.93. The second-order valence-corrected chi connectivity index (χ2v) is 5.64. The number of allylic oxidation sites excluding steroid dienone is 1. The fraction of sp³-hybridized carbons (Fsp3) is 0.375. The minimum Gasteiger partial charge on any atom is -0.259 e. The molecule has 0 radical (unpaired) electrons. The zero-order chi connectivity index (χ0) is 13.0. The van der Waals surface area contributed by atoms with Crippen molar-refractivity contribution in [2.45, 2.75) is 31.6 Å². The normalized spacial score (nSPS) is 16.2. The smallest absolute Gasteiger partial charge is 0.0519 e. The van der Waals surface area contributed by atoms with Gasteiger partial charge in [-0.25, -0.2) is 0 Å². The largest absolute Gasteiger partial charge is 0.259 e. The summed E-state index contributed by atoms with van der Waals surface area (Å²) in [5.74, 6) is 3.66. The Kier molecular flexibility index (Phi) is 4.42. The third-order valence-electron chi connectivity index (χ3n) is 3.60. The second-order valence-electron chi connectivity index (χ2n) is 4.72. The van der Waals surface area contributed by atoms with Crippen LogP contribution in [-0.4, -0.2) is 4.98 Å². The topological polar surface area (TPSA) is 12.9 Å². The van der Waals surface area contributed by atoms with E-state index < -0.39 is 0 Å². The van der Waals surface area contributed by atoms with Gasteiger partial charge in [0.2, 0.25) is 0 Å². The maximum absolute atomic E-state index is 5.56. The molecule has 1 aromatic rings. The highest BCUT2D eigenvalue weighted by molar-refractivity contribution is 9.10. The molecule has 0 aliphatic heterocycles. The highest BCUT2D eigenvalue weighted by Gasteiger charge is 2.25. The van der Waals surface area contributed by atoms with Crippen molar-refractivity contribution < 1.29 is 0 Å². The van der Waals surface area contributed by atoms with Crippen molar-refractivity contribution in [1.82, 2.24) is 4.98 Å². The second kappa shape index (κ2) is 6.05. The average Bonchev–Trinajstić information content (AvgIpc) is 2.33. The minimum atomic E-state index is 0.172. The van der Waals surface area contributed by atoms with Crippen LogP contribution in [-0.2, 0) is 0 Å². The van der Waals surface area contributed by atoms with Crippen LogP contribution >= 0.6 is 15.9 Å². The molecule has 0 spiro atoms. The first-order chi connectivity index (χ1) is 8.74. The summed E-state index contributed by atoms with van der Waals surface area (Å²) < 4.78 is 0.985. The van der Waals surface area contributed by atoms with Gasteiger partial charge in [0.15, 0.2) is 0 Å². The number of halogens is 1. The van der Waals surface area contributed by atoms with E-state index in [1.807, 2.05) is 18.3 Å². The molecule has 1 aliphatic carbocycles. The molecule has 1 fully saturated rings. The predicted octanol–water partition coefficient (Wildman–Crippen LogP) is 4.46. The molecule has 1 aromatic heterocycles. The Balaban J connectivity index is 2.25. The Hall–Kier alpha value is -1.29. The molecule has 1 unspecified atom stereocenters. The van der Waals surface area contributed by atoms with Crippen LogP contribution in [0.3, 0.4) is 0 Å². The van der Waals surface area contributed by atoms with Gasteiger partial charge in [0.25, 0.3) is 0 Å². The van der Waals surface area contributed by atoms with Gasteiger partial charge in [-0.3, -0.25) is 4.98 Å². The van der Waals surface area contributed by atoms with E-state index in [0.29, 0.717) is 0 Å². The van der Waals surface area contributed by atoms with Crippen molar-refractivity contribution in [3.05, 3.63) is 46.4 Å². The molecule has 1 atom stereocenters. The summed E-state index contributed by atoms with van der Waals surface area (Å²) in [4.78, 5) is 4.48. The number of pyridine rings is 1. The molecule has 0 saturated heterocycles. The van der Waals surface area contributed by atoms with Crippen LogP contribution < -0.4 is 0 Å². The number of aromatic nitrogens is 1. The summed E-state index contributed by atoms with van der Waals surface area (Å²) in [7, 11) is 0. The van der Waals surface area contributed by atoms with Crippen molar-refractivity contribution in [3.8, 4) is 12.3 Å². The molecule has 92 valence electrons. The standard InChI is InChI=1S/C16H16BrN/c1-3-13(4-2)15(10-12-6-5-7-12)16-9-8-14(17)11-18-16/h1,8-9,11-12,15H,2,5-7,10H2. The maximum Gasteiger partial charge on any atom is 0.0519 e. The molecule has 0 bridgehead atoms. The molecular formula is C16H16BrN. The highest BCUT2D eigenvalue weighted by Crippen LogP contribution is 2.38. The SMILES string of the molecule is C#CC(=C=C)C(CC1CCC1)c1ccc(Br)cn1. The van der Waals surface area contributed by atoms with Gasteiger partial charge in [-0.1, -0.05) is 31.8 Å². The molecule has 1 nitrogen and oxygen atoms in total. The molecule has 2 rings (SSSR count). The predicted molar refractivity (Wildman–Crippen MR) is 78.1 cm³/mol. The van der Waals surface area contributed by atoms with Crippen molar-refractivity contribution in [1.29, 1.82) is 0 Å². The van der Waals surface area contributed by atoms with Crippen molar-refractivity contribution >= 4 is 15.9 Å². The summed E-state index contributed by atoms with van der Waals surface area (Å²) in [5, 5.41) is 0. The van der Waals surface area contributed by atoms with E-state index in [9.17, 15) is 0 Å². The molecule has 1 saturated carbocycles. The van der Waals surface area contributed by atoms with E-state index in [4.69, 9.17) is 6.42 Å². The lowest BCUT2D eigenvalue weighted by atomic mass is 9.76. The minimum absolute atomic E-state index is 0.172. The number of hydrogen-bond donors (Lipinski definition) is 0. The van der Waals surface area contributed by atoms with E-state index >= 15 is 0 Å². The van der Waals surface area contributed by atoms with Crippen molar-refractivity contribution in [2.75, 3.05) is 0 Å². The van der Waals surface area contributed by atoms with Gasteiger partial charge >= 0.3 is 0 Å². The Morgan fingerprint density at radius 3 is 2.78 bits per heavy atom. The Morgan fingerprint density at radius 2 is 2.33 bits per heavy atom. The monoisotopic (exact) mass is 301 g/mol. The molecule has 0 amide bonds. The van der Waals surface area contributed by atoms with E-state index in [0.717, 1.165) is 28.1 Å². The lowest BCUT2D eigenvalue weighted by molar-refractivity contribution is 0.284. The fourth-order valence-electron chi connectivity index (χ4n) is 2.32. The summed E-state index contributed by atoms with van der Waals surface area (Å²) >= 11 is 3.40. The first kappa shape index (κ1) is 13.1. The lowest BCUT2D eigenvalue weighted by Crippen LogP contribution is -2.16. The molecule has 2 heteroatoms. The van der Waals surface area contributed by atoms with Gasteiger partial charge in [0.05, 0.1) is 5.57 Å². The summed E-state index contributed by atoms with van der Waals surface area (Å²) in [6, 6.07) is 4.04. The quantitative estimate of drug-likeness (QED) is 0.591. The number of nitrogens with zero attached hydrogens (tertiary/aromatic N) is 1. The lowest BCUT2D eigenvalue weighted by Gasteiger charge is -2.29. The van der Waals surface area contributed by atoms with Gasteiger partial charge in [-0.2, -0.15) is 0 Å². The van der Waals surface area contributed by atoms with Gasteiger partial charge in [-0.05, 0) is 40.4 Å². The fourth-order valence-corrected chi connectivity index (χ4v) is 2.55. The summed E-state index contributed by atoms with van der Waals surface area (Å²) in [6.07, 6.45) is 12.4. The van der Waals surface area contributed by atoms with Gasteiger partial charge < -0.3 is 0 Å². The van der Waals surface area contributed by atoms with Gasteiger partial charge in [0.1, 0.15) is 0 Å². The Bertz CT molecular complexity index is 499. The molecule has 0 aromatic carbocycles. The summed E-state index contributed by atoms with van der Waals surface area (Å²) in [6.45, 7) is 3.71. The Morgan fingerprint density at radius 1 is 1.56 bits per heavy atom. The highest BCUT2D eigenvalue weighted by atomic mass is 79.9. The zero-order valence-electron chi connectivity index (χ0n) is 10.3. The van der Waals surface area contributed by atoms with E-state index in [1.165, 1.54) is 19.3 Å². The molecular weight excluding hydrogens is 286 g/mol. The first-order valence-corrected chi connectivity index (χ1v) is 7.02. The molecule has 18 heavy (non-hydrogen) atoms. The van der Waals surface area contributed by atoms with Crippen LogP contribution in [0.5, 0.6) is 0 Å². The number of hydrogen-bond acceptors (Lipinski definition) is 1. The van der Waals surface area contributed by atoms with Crippen LogP contribution in [0.15, 0.2) is 40.7 Å². The van der Waals surface area contributed by atoms with Crippen LogP contribution in [0, 0.1) is 18.3 Å². The third-order valence-corrected chi connectivity index (χ3v) is 4.06. The number of rotatable bonds is 4. The molecule has 1 aliphatic rings. The van der Waals surface area contributed by atoms with Crippen LogP contribution in [0.2, 0.25) is 0 Å². The average molecular weight is 302 g/mol. The first-order valence-electron chi connectivity index (χ1n) is 6.22. The zero-order valence-corrected chi connectivity index (χ0v) is 11.9. The van der Waals surface area contributed by atoms with E-state index in [2.05, 4.69) is 39.1 Å². The Labute approximate surface area is 117 Å². The van der Waals surface area contributed by atoms with Crippen LogP contribution in [0.1, 0.15) is 37.3 Å². The molecule has 1 heterocycles. The van der Waals surface area contributed by atoms with Crippen LogP contribution in [0.4, 0.5) is 0 Å². The van der Waals surface area contributed by atoms with Crippen LogP contribution in [0.25, 0.3) is 0 Å². The van der Waals surface area contributed by atoms with Crippen molar-refractivity contribution in [2.24, 2.45) is 5.92 Å². The van der Waals surface area contributed by atoms with E-state index in [-0.39, 0.29) is 5.92 Å². The van der Waals surface area contributed by atoms with Gasteiger partial charge in [0, 0.05) is 22.3 Å². The summed E-state index contributed by atoms with van der Waals surface area (Å²) in [5.41, 5.74) is 4.75.